The van der Waals surface area contributed by atoms with Gasteiger partial charge in [0.2, 0.25) is 5.88 Å². The summed E-state index contributed by atoms with van der Waals surface area (Å²) in [5.74, 6) is -2.17. The third-order valence-corrected chi connectivity index (χ3v) is 8.22. The van der Waals surface area contributed by atoms with E-state index >= 15 is 0 Å². The molecule has 0 bridgehead atoms. The Morgan fingerprint density at radius 1 is 1.04 bits per heavy atom. The first-order valence-electron chi connectivity index (χ1n) is 14.4. The summed E-state index contributed by atoms with van der Waals surface area (Å²) in [5.41, 5.74) is 0.416. The molecule has 0 saturated carbocycles. The van der Waals surface area contributed by atoms with Crippen molar-refractivity contribution in [1.82, 2.24) is 15.1 Å². The number of thiophene rings is 1. The van der Waals surface area contributed by atoms with E-state index in [-0.39, 0.29) is 47.2 Å². The van der Waals surface area contributed by atoms with Crippen LogP contribution in [-0.4, -0.2) is 72.0 Å². The molecular formula is C31H30F2N6O7S. The smallest absolute Gasteiger partial charge is 0.415 e. The number of hydrogen-bond donors (Lipinski definition) is 1. The molecule has 0 aliphatic carbocycles. The number of halogens is 2. The molecule has 4 aromatic rings. The minimum atomic E-state index is -0.946. The van der Waals surface area contributed by atoms with E-state index in [2.05, 4.69) is 15.5 Å². The van der Waals surface area contributed by atoms with Crippen molar-refractivity contribution < 1.29 is 37.5 Å². The average molecular weight is 669 g/mol. The molecule has 0 unspecified atom stereocenters. The fourth-order valence-electron chi connectivity index (χ4n) is 4.65. The molecule has 2 aromatic carbocycles. The fraction of sp³-hybridized carbons (Fsp3) is 0.290. The Bertz CT molecular complexity index is 1750. The van der Waals surface area contributed by atoms with Crippen LogP contribution in [0.2, 0.25) is 0 Å². The highest BCUT2D eigenvalue weighted by Crippen LogP contribution is 2.44. The van der Waals surface area contributed by atoms with Gasteiger partial charge in [-0.15, -0.1) is 21.5 Å². The summed E-state index contributed by atoms with van der Waals surface area (Å²) in [4.78, 5) is 41.7. The Morgan fingerprint density at radius 2 is 1.74 bits per heavy atom. The topological polar surface area (TPSA) is 149 Å². The maximum absolute atomic E-state index is 14.9. The molecule has 1 saturated heterocycles. The molecular weight excluding hydrogens is 638 g/mol. The van der Waals surface area contributed by atoms with E-state index in [4.69, 9.17) is 14.2 Å². The monoisotopic (exact) mass is 668 g/mol. The van der Waals surface area contributed by atoms with E-state index in [9.17, 15) is 28.5 Å². The Hall–Kier alpha value is -5.06. The van der Waals surface area contributed by atoms with E-state index < -0.39 is 40.7 Å². The van der Waals surface area contributed by atoms with Crippen LogP contribution in [0.5, 0.6) is 5.88 Å². The number of carbonyl (C=O) groups is 2. The van der Waals surface area contributed by atoms with Gasteiger partial charge < -0.3 is 24.4 Å². The third kappa shape index (κ3) is 7.67. The summed E-state index contributed by atoms with van der Waals surface area (Å²) in [6, 6.07) is 12.0. The fourth-order valence-corrected chi connectivity index (χ4v) is 5.96. The van der Waals surface area contributed by atoms with Crippen molar-refractivity contribution in [3.63, 3.8) is 0 Å². The summed E-state index contributed by atoms with van der Waals surface area (Å²) >= 11 is 1.00. The van der Waals surface area contributed by atoms with Crippen molar-refractivity contribution in [1.29, 1.82) is 0 Å². The summed E-state index contributed by atoms with van der Waals surface area (Å²) in [6.07, 6.45) is -1.09. The van der Waals surface area contributed by atoms with Crippen LogP contribution in [0.3, 0.4) is 0 Å². The summed E-state index contributed by atoms with van der Waals surface area (Å²) in [7, 11) is 3.54. The lowest BCUT2D eigenvalue weighted by Crippen LogP contribution is -2.38. The number of rotatable bonds is 12. The number of nitro benzene ring substituents is 1. The Kier molecular flexibility index (Phi) is 10.3. The van der Waals surface area contributed by atoms with Gasteiger partial charge in [-0.2, -0.15) is 0 Å². The van der Waals surface area contributed by atoms with Gasteiger partial charge in [-0.3, -0.25) is 19.8 Å². The number of non-ortho nitro benzene ring substituents is 1. The number of nitrogens with zero attached hydrogens (tertiary/aromatic N) is 5. The molecule has 0 radical (unpaired) electrons. The van der Waals surface area contributed by atoms with Crippen molar-refractivity contribution >= 4 is 39.8 Å². The van der Waals surface area contributed by atoms with Gasteiger partial charge in [0, 0.05) is 35.2 Å². The van der Waals surface area contributed by atoms with E-state index in [0.29, 0.717) is 29.2 Å². The lowest BCUT2D eigenvalue weighted by Gasteiger charge is -2.25. The number of benzene rings is 2. The van der Waals surface area contributed by atoms with Crippen molar-refractivity contribution in [2.45, 2.75) is 26.1 Å². The SMILES string of the molecule is CCOC(=O)N(Cc1c(F)cccc1F)c1sc(-c2ccc([N+](=O)[O-])cc2)c(CN(C)C)c1C(=O)Nc1ccc(OC2COC2)nn1. The minimum Gasteiger partial charge on any atom is -0.468 e. The quantitative estimate of drug-likeness (QED) is 0.148. The van der Waals surface area contributed by atoms with Crippen LogP contribution in [0, 0.1) is 21.7 Å². The lowest BCUT2D eigenvalue weighted by atomic mass is 10.0. The van der Waals surface area contributed by atoms with Gasteiger partial charge in [-0.1, -0.05) is 6.07 Å². The van der Waals surface area contributed by atoms with Gasteiger partial charge in [-0.05, 0) is 62.5 Å². The van der Waals surface area contributed by atoms with Crippen molar-refractivity contribution in [3.05, 3.63) is 93.0 Å². The van der Waals surface area contributed by atoms with Crippen LogP contribution in [0.4, 0.5) is 30.1 Å². The Balaban J connectivity index is 1.64. The molecule has 3 heterocycles. The first-order valence-corrected chi connectivity index (χ1v) is 15.2. The zero-order chi connectivity index (χ0) is 33.7. The molecule has 47 heavy (non-hydrogen) atoms. The maximum Gasteiger partial charge on any atom is 0.415 e. The van der Waals surface area contributed by atoms with Crippen LogP contribution in [0.1, 0.15) is 28.4 Å². The molecule has 13 nitrogen and oxygen atoms in total. The van der Waals surface area contributed by atoms with E-state index in [1.54, 1.807) is 25.9 Å². The first kappa shape index (κ1) is 33.3. The number of nitro groups is 1. The first-order chi connectivity index (χ1) is 22.5. The van der Waals surface area contributed by atoms with Crippen LogP contribution >= 0.6 is 11.3 Å². The normalized spacial score (nSPS) is 12.8. The van der Waals surface area contributed by atoms with Crippen LogP contribution < -0.4 is 15.0 Å². The molecule has 0 atom stereocenters. The van der Waals surface area contributed by atoms with E-state index in [1.165, 1.54) is 42.5 Å². The Morgan fingerprint density at radius 3 is 2.30 bits per heavy atom. The number of amides is 2. The lowest BCUT2D eigenvalue weighted by molar-refractivity contribution is -0.384. The summed E-state index contributed by atoms with van der Waals surface area (Å²) in [5, 5.41) is 22.1. The van der Waals surface area contributed by atoms with Crippen molar-refractivity contribution in [2.75, 3.05) is 44.1 Å². The van der Waals surface area contributed by atoms with Crippen molar-refractivity contribution in [3.8, 4) is 16.3 Å². The molecule has 5 rings (SSSR count). The number of nitrogens with one attached hydrogen (secondary N) is 1. The van der Waals surface area contributed by atoms with E-state index in [1.807, 2.05) is 0 Å². The largest absolute Gasteiger partial charge is 0.468 e. The third-order valence-electron chi connectivity index (χ3n) is 6.92. The van der Waals surface area contributed by atoms with Gasteiger partial charge >= 0.3 is 6.09 Å². The molecule has 2 aromatic heterocycles. The molecule has 1 aliphatic heterocycles. The number of hydrogen-bond acceptors (Lipinski definition) is 11. The summed E-state index contributed by atoms with van der Waals surface area (Å²) < 4.78 is 45.8. The van der Waals surface area contributed by atoms with E-state index in [0.717, 1.165) is 28.4 Å². The van der Waals surface area contributed by atoms with Crippen LogP contribution in [-0.2, 0) is 22.6 Å². The van der Waals surface area contributed by atoms with Gasteiger partial charge in [0.05, 0.1) is 36.9 Å². The number of anilines is 2. The zero-order valence-electron chi connectivity index (χ0n) is 25.6. The predicted octanol–water partition coefficient (Wildman–Crippen LogP) is 5.65. The van der Waals surface area contributed by atoms with Gasteiger partial charge in [0.1, 0.15) is 22.7 Å². The number of aromatic nitrogens is 2. The molecule has 16 heteroatoms. The molecule has 1 N–H and O–H groups in total. The van der Waals surface area contributed by atoms with Gasteiger partial charge in [-0.25, -0.2) is 13.6 Å². The molecule has 0 spiro atoms. The highest BCUT2D eigenvalue weighted by molar-refractivity contribution is 7.20. The van der Waals surface area contributed by atoms with Gasteiger partial charge in [0.15, 0.2) is 5.82 Å². The molecule has 1 aliphatic rings. The van der Waals surface area contributed by atoms with Crippen LogP contribution in [0.25, 0.3) is 10.4 Å². The maximum atomic E-state index is 14.9. The molecule has 2 amide bonds. The van der Waals surface area contributed by atoms with Crippen molar-refractivity contribution in [2.24, 2.45) is 0 Å². The second kappa shape index (κ2) is 14.6. The predicted molar refractivity (Wildman–Crippen MR) is 169 cm³/mol. The second-order valence-corrected chi connectivity index (χ2v) is 11.6. The molecule has 246 valence electrons. The average Bonchev–Trinajstić information content (AvgIpc) is 3.37. The van der Waals surface area contributed by atoms with Gasteiger partial charge in [0.25, 0.3) is 11.6 Å². The summed E-state index contributed by atoms with van der Waals surface area (Å²) in [6.45, 7) is 1.96. The molecule has 1 fully saturated rings. The standard InChI is InChI=1S/C31H30F2N6O7S/c1-4-45-31(41)38(15-21-23(32)6-5-7-24(21)33)30-27(29(40)34-25-12-13-26(36-35-25)46-20-16-44-17-20)22(14-37(2)3)28(47-30)18-8-10-19(11-9-18)39(42)43/h5-13,20H,4,14-17H2,1-3H3,(H,34,35,40). The minimum absolute atomic E-state index is 0.00981. The number of ether oxygens (including phenoxy) is 3. The highest BCUT2D eigenvalue weighted by atomic mass is 32.1. The highest BCUT2D eigenvalue weighted by Gasteiger charge is 2.33. The number of carbonyl (C=O) groups excluding carboxylic acids is 2. The Labute approximate surface area is 271 Å². The zero-order valence-corrected chi connectivity index (χ0v) is 26.4. The van der Waals surface area contributed by atoms with Crippen LogP contribution in [0.15, 0.2) is 54.6 Å². The second-order valence-electron chi connectivity index (χ2n) is 10.6.